The van der Waals surface area contributed by atoms with E-state index in [-0.39, 0.29) is 12.4 Å². The van der Waals surface area contributed by atoms with Crippen LogP contribution in [0.3, 0.4) is 0 Å². The summed E-state index contributed by atoms with van der Waals surface area (Å²) in [6.07, 6.45) is -8.67. The van der Waals surface area contributed by atoms with Gasteiger partial charge in [0, 0.05) is 0 Å². The molecule has 1 aliphatic rings. The SMILES string of the molecule is OC(C1COc2ccccc2O1)C(F)(F)F. The molecule has 2 atom stereocenters. The topological polar surface area (TPSA) is 38.7 Å². The lowest BCUT2D eigenvalue weighted by atomic mass is 10.2. The van der Waals surface area contributed by atoms with Gasteiger partial charge in [-0.15, -0.1) is 0 Å². The number of hydrogen-bond acceptors (Lipinski definition) is 3. The Hall–Kier alpha value is -1.43. The summed E-state index contributed by atoms with van der Waals surface area (Å²) >= 11 is 0. The molecule has 0 radical (unpaired) electrons. The Labute approximate surface area is 89.4 Å². The van der Waals surface area contributed by atoms with Crippen LogP contribution in [-0.2, 0) is 0 Å². The van der Waals surface area contributed by atoms with Crippen LogP contribution in [0.15, 0.2) is 24.3 Å². The highest BCUT2D eigenvalue weighted by Crippen LogP contribution is 2.34. The highest BCUT2D eigenvalue weighted by Gasteiger charge is 2.46. The number of ether oxygens (including phenoxy) is 2. The predicted molar refractivity (Wildman–Crippen MR) is 48.4 cm³/mol. The van der Waals surface area contributed by atoms with Gasteiger partial charge in [-0.1, -0.05) is 12.1 Å². The molecule has 1 aromatic carbocycles. The lowest BCUT2D eigenvalue weighted by Crippen LogP contribution is -2.47. The molecule has 0 spiro atoms. The Morgan fingerprint density at radius 2 is 1.88 bits per heavy atom. The van der Waals surface area contributed by atoms with E-state index in [2.05, 4.69) is 0 Å². The minimum atomic E-state index is -4.71. The highest BCUT2D eigenvalue weighted by atomic mass is 19.4. The summed E-state index contributed by atoms with van der Waals surface area (Å²) in [5, 5.41) is 9.01. The fourth-order valence-corrected chi connectivity index (χ4v) is 1.40. The lowest BCUT2D eigenvalue weighted by Gasteiger charge is -2.30. The van der Waals surface area contributed by atoms with Crippen LogP contribution in [0, 0.1) is 0 Å². The number of aliphatic hydroxyl groups excluding tert-OH is 1. The quantitative estimate of drug-likeness (QED) is 0.804. The van der Waals surface area contributed by atoms with Crippen LogP contribution >= 0.6 is 0 Å². The van der Waals surface area contributed by atoms with Gasteiger partial charge in [0.1, 0.15) is 6.61 Å². The van der Waals surface area contributed by atoms with Crippen molar-refractivity contribution in [3.05, 3.63) is 24.3 Å². The number of para-hydroxylation sites is 2. The van der Waals surface area contributed by atoms with Crippen LogP contribution in [0.5, 0.6) is 11.5 Å². The van der Waals surface area contributed by atoms with Gasteiger partial charge in [-0.25, -0.2) is 0 Å². The summed E-state index contributed by atoms with van der Waals surface area (Å²) in [5.41, 5.74) is 0. The summed E-state index contributed by atoms with van der Waals surface area (Å²) in [7, 11) is 0. The maximum absolute atomic E-state index is 12.2. The summed E-state index contributed by atoms with van der Waals surface area (Å²) in [6.45, 7) is -0.322. The zero-order valence-corrected chi connectivity index (χ0v) is 8.07. The molecule has 3 nitrogen and oxygen atoms in total. The molecule has 0 saturated carbocycles. The van der Waals surface area contributed by atoms with Crippen LogP contribution in [0.1, 0.15) is 0 Å². The Balaban J connectivity index is 2.14. The fraction of sp³-hybridized carbons (Fsp3) is 0.400. The lowest BCUT2D eigenvalue weighted by molar-refractivity contribution is -0.231. The minimum absolute atomic E-state index is 0.210. The van der Waals surface area contributed by atoms with Crippen molar-refractivity contribution in [3.8, 4) is 11.5 Å². The van der Waals surface area contributed by atoms with E-state index in [1.807, 2.05) is 0 Å². The standard InChI is InChI=1S/C10H9F3O3/c11-10(12,13)9(14)8-5-15-6-3-1-2-4-7(6)16-8/h1-4,8-9,14H,5H2. The van der Waals surface area contributed by atoms with Crippen molar-refractivity contribution in [1.82, 2.24) is 0 Å². The number of rotatable bonds is 1. The summed E-state index contributed by atoms with van der Waals surface area (Å²) in [5.74, 6) is 0.593. The van der Waals surface area contributed by atoms with E-state index < -0.39 is 18.4 Å². The Bertz CT molecular complexity index is 378. The molecule has 1 aromatic rings. The fourth-order valence-electron chi connectivity index (χ4n) is 1.40. The highest BCUT2D eigenvalue weighted by molar-refractivity contribution is 5.40. The molecule has 0 fully saturated rings. The minimum Gasteiger partial charge on any atom is -0.486 e. The van der Waals surface area contributed by atoms with Crippen LogP contribution < -0.4 is 9.47 Å². The van der Waals surface area contributed by atoms with E-state index in [0.717, 1.165) is 0 Å². The first-order valence-corrected chi connectivity index (χ1v) is 4.62. The van der Waals surface area contributed by atoms with Gasteiger partial charge < -0.3 is 14.6 Å². The zero-order valence-electron chi connectivity index (χ0n) is 8.07. The van der Waals surface area contributed by atoms with Gasteiger partial charge in [-0.3, -0.25) is 0 Å². The Morgan fingerprint density at radius 1 is 1.25 bits per heavy atom. The normalized spacial score (nSPS) is 21.6. The average molecular weight is 234 g/mol. The number of halogens is 3. The Kier molecular flexibility index (Phi) is 2.67. The van der Waals surface area contributed by atoms with Gasteiger partial charge in [0.15, 0.2) is 23.7 Å². The van der Waals surface area contributed by atoms with Crippen molar-refractivity contribution in [1.29, 1.82) is 0 Å². The van der Waals surface area contributed by atoms with E-state index in [1.54, 1.807) is 18.2 Å². The molecule has 0 bridgehead atoms. The maximum Gasteiger partial charge on any atom is 0.418 e. The third-order valence-electron chi connectivity index (χ3n) is 2.22. The summed E-state index contributed by atoms with van der Waals surface area (Å²) in [4.78, 5) is 0. The van der Waals surface area contributed by atoms with Gasteiger partial charge in [-0.2, -0.15) is 13.2 Å². The second kappa shape index (κ2) is 3.86. The van der Waals surface area contributed by atoms with Crippen molar-refractivity contribution >= 4 is 0 Å². The van der Waals surface area contributed by atoms with Crippen molar-refractivity contribution in [2.75, 3.05) is 6.61 Å². The molecule has 1 N–H and O–H groups in total. The van der Waals surface area contributed by atoms with Gasteiger partial charge in [0.2, 0.25) is 0 Å². The molecule has 16 heavy (non-hydrogen) atoms. The third-order valence-corrected chi connectivity index (χ3v) is 2.22. The summed E-state index contributed by atoms with van der Waals surface area (Å²) < 4.78 is 46.8. The molecule has 88 valence electrons. The monoisotopic (exact) mass is 234 g/mol. The molecule has 0 aromatic heterocycles. The van der Waals surface area contributed by atoms with Gasteiger partial charge >= 0.3 is 6.18 Å². The largest absolute Gasteiger partial charge is 0.486 e. The number of aliphatic hydroxyl groups is 1. The van der Waals surface area contributed by atoms with E-state index in [4.69, 9.17) is 14.6 Å². The van der Waals surface area contributed by atoms with Crippen LogP contribution in [0.2, 0.25) is 0 Å². The van der Waals surface area contributed by atoms with Crippen molar-refractivity contribution in [2.24, 2.45) is 0 Å². The first-order chi connectivity index (χ1) is 7.48. The number of hydrogen-bond donors (Lipinski definition) is 1. The second-order valence-corrected chi connectivity index (χ2v) is 3.40. The zero-order chi connectivity index (χ0) is 11.8. The van der Waals surface area contributed by atoms with Crippen LogP contribution in [0.25, 0.3) is 0 Å². The van der Waals surface area contributed by atoms with E-state index >= 15 is 0 Å². The maximum atomic E-state index is 12.2. The van der Waals surface area contributed by atoms with Crippen molar-refractivity contribution in [3.63, 3.8) is 0 Å². The molecule has 1 heterocycles. The van der Waals surface area contributed by atoms with Gasteiger partial charge in [0.25, 0.3) is 0 Å². The Morgan fingerprint density at radius 3 is 2.50 bits per heavy atom. The molecule has 1 aliphatic heterocycles. The second-order valence-electron chi connectivity index (χ2n) is 3.40. The predicted octanol–water partition coefficient (Wildman–Crippen LogP) is 1.75. The van der Waals surface area contributed by atoms with Crippen molar-refractivity contribution < 1.29 is 27.8 Å². The number of alkyl halides is 3. The molecule has 2 unspecified atom stereocenters. The van der Waals surface area contributed by atoms with Crippen molar-refractivity contribution in [2.45, 2.75) is 18.4 Å². The molecular formula is C10H9F3O3. The van der Waals surface area contributed by atoms with E-state index in [0.29, 0.717) is 5.75 Å². The molecule has 6 heteroatoms. The average Bonchev–Trinajstić information content (AvgIpc) is 2.26. The molecule has 0 aliphatic carbocycles. The molecule has 0 saturated heterocycles. The first kappa shape index (κ1) is 11.1. The molecule has 0 amide bonds. The van der Waals surface area contributed by atoms with Crippen LogP contribution in [0.4, 0.5) is 13.2 Å². The first-order valence-electron chi connectivity index (χ1n) is 4.62. The summed E-state index contributed by atoms with van der Waals surface area (Å²) in [6, 6.07) is 6.38. The number of benzene rings is 1. The smallest absolute Gasteiger partial charge is 0.418 e. The van der Waals surface area contributed by atoms with E-state index in [9.17, 15) is 13.2 Å². The molecule has 2 rings (SSSR count). The molecular weight excluding hydrogens is 225 g/mol. The third kappa shape index (κ3) is 2.06. The van der Waals surface area contributed by atoms with Gasteiger partial charge in [0.05, 0.1) is 0 Å². The van der Waals surface area contributed by atoms with Gasteiger partial charge in [-0.05, 0) is 12.1 Å². The van der Waals surface area contributed by atoms with Crippen LogP contribution in [-0.4, -0.2) is 30.1 Å². The van der Waals surface area contributed by atoms with E-state index in [1.165, 1.54) is 6.07 Å². The number of fused-ring (bicyclic) bond motifs is 1.